The van der Waals surface area contributed by atoms with Crippen molar-refractivity contribution in [2.75, 3.05) is 11.9 Å². The Hall–Kier alpha value is -1.82. The zero-order valence-corrected chi connectivity index (χ0v) is 13.0. The summed E-state index contributed by atoms with van der Waals surface area (Å²) in [7, 11) is 0. The van der Waals surface area contributed by atoms with E-state index in [1.807, 2.05) is 27.7 Å². The second-order valence-corrected chi connectivity index (χ2v) is 5.59. The summed E-state index contributed by atoms with van der Waals surface area (Å²) in [6, 6.07) is 4.98. The first-order chi connectivity index (χ1) is 9.83. The second kappa shape index (κ2) is 7.26. The van der Waals surface area contributed by atoms with E-state index in [2.05, 4.69) is 5.32 Å². The smallest absolute Gasteiger partial charge is 0.333 e. The van der Waals surface area contributed by atoms with Crippen LogP contribution in [0, 0.1) is 10.1 Å². The van der Waals surface area contributed by atoms with Crippen LogP contribution in [0.1, 0.15) is 40.5 Å². The first kappa shape index (κ1) is 17.2. The molecule has 0 amide bonds. The molecule has 0 saturated carbocycles. The van der Waals surface area contributed by atoms with E-state index in [1.54, 1.807) is 18.2 Å². The molecule has 0 fully saturated rings. The summed E-state index contributed by atoms with van der Waals surface area (Å²) in [5.41, 5.74) is -0.0598. The van der Waals surface area contributed by atoms with Crippen molar-refractivity contribution in [1.29, 1.82) is 0 Å². The topological polar surface area (TPSA) is 84.6 Å². The number of hydrogen-bond donors (Lipinski definition) is 2. The Morgan fingerprint density at radius 1 is 1.48 bits per heavy atom. The summed E-state index contributed by atoms with van der Waals surface area (Å²) in [5.74, 6) is 0.252. The van der Waals surface area contributed by atoms with Gasteiger partial charge in [-0.25, -0.2) is 0 Å². The van der Waals surface area contributed by atoms with E-state index in [0.717, 1.165) is 6.42 Å². The molecule has 1 unspecified atom stereocenters. The largest absolute Gasteiger partial charge is 0.484 e. The first-order valence-electron chi connectivity index (χ1n) is 7.16. The van der Waals surface area contributed by atoms with Crippen LogP contribution < -0.4 is 10.1 Å². The zero-order chi connectivity index (χ0) is 16.0. The highest BCUT2D eigenvalue weighted by Gasteiger charge is 2.28. The molecular formula is C15H24N2O4. The maximum absolute atomic E-state index is 11.4. The number of aliphatic hydroxyl groups is 1. The molecule has 0 aliphatic rings. The van der Waals surface area contributed by atoms with Crippen LogP contribution >= 0.6 is 0 Å². The number of nitro groups is 1. The van der Waals surface area contributed by atoms with E-state index >= 15 is 0 Å². The predicted octanol–water partition coefficient (Wildman–Crippen LogP) is 3.35. The maximum atomic E-state index is 11.4. The number of hydrogen-bond acceptors (Lipinski definition) is 5. The molecule has 6 nitrogen and oxygen atoms in total. The van der Waals surface area contributed by atoms with Gasteiger partial charge in [0.1, 0.15) is 5.69 Å². The van der Waals surface area contributed by atoms with E-state index in [4.69, 9.17) is 9.84 Å². The fraction of sp³-hybridized carbons (Fsp3) is 0.600. The molecule has 0 aliphatic carbocycles. The molecular weight excluding hydrogens is 272 g/mol. The van der Waals surface area contributed by atoms with Gasteiger partial charge in [-0.1, -0.05) is 13.0 Å². The molecule has 21 heavy (non-hydrogen) atoms. The molecule has 0 aromatic heterocycles. The molecule has 0 spiro atoms. The van der Waals surface area contributed by atoms with Crippen molar-refractivity contribution in [3.63, 3.8) is 0 Å². The van der Waals surface area contributed by atoms with Crippen LogP contribution in [-0.4, -0.2) is 28.3 Å². The highest BCUT2D eigenvalue weighted by molar-refractivity contribution is 5.69. The number of benzene rings is 1. The molecule has 2 N–H and O–H groups in total. The zero-order valence-electron chi connectivity index (χ0n) is 13.0. The van der Waals surface area contributed by atoms with Crippen molar-refractivity contribution >= 4 is 11.4 Å². The minimum absolute atomic E-state index is 0.0212. The summed E-state index contributed by atoms with van der Waals surface area (Å²) in [4.78, 5) is 11.0. The summed E-state index contributed by atoms with van der Waals surface area (Å²) in [5, 5.41) is 23.7. The predicted molar refractivity (Wildman–Crippen MR) is 82.9 cm³/mol. The van der Waals surface area contributed by atoms with Crippen molar-refractivity contribution in [3.8, 4) is 5.75 Å². The standard InChI is InChI=1S/C15H24N2O4/c1-5-15(4,9-10-18)16-12-7-6-8-13(21-11(2)3)14(12)17(19)20/h6-8,11,16,18H,5,9-10H2,1-4H3. The number of aliphatic hydroxyl groups excluding tert-OH is 1. The molecule has 0 saturated heterocycles. The summed E-state index contributed by atoms with van der Waals surface area (Å²) in [6.07, 6.45) is 1.10. The van der Waals surface area contributed by atoms with Crippen LogP contribution in [0.25, 0.3) is 0 Å². The Labute approximate surface area is 125 Å². The highest BCUT2D eigenvalue weighted by atomic mass is 16.6. The van der Waals surface area contributed by atoms with E-state index in [9.17, 15) is 10.1 Å². The minimum atomic E-state index is -0.435. The SMILES string of the molecule is CCC(C)(CCO)Nc1cccc(OC(C)C)c1[N+](=O)[O-]. The molecule has 1 aromatic rings. The maximum Gasteiger partial charge on any atom is 0.333 e. The highest BCUT2D eigenvalue weighted by Crippen LogP contribution is 2.37. The van der Waals surface area contributed by atoms with Crippen LogP contribution in [0.5, 0.6) is 5.75 Å². The van der Waals surface area contributed by atoms with Gasteiger partial charge >= 0.3 is 5.69 Å². The van der Waals surface area contributed by atoms with E-state index in [-0.39, 0.29) is 24.1 Å². The van der Waals surface area contributed by atoms with Crippen LogP contribution in [0.4, 0.5) is 11.4 Å². The Balaban J connectivity index is 3.20. The summed E-state index contributed by atoms with van der Waals surface area (Å²) in [6.45, 7) is 7.58. The number of nitro benzene ring substituents is 1. The monoisotopic (exact) mass is 296 g/mol. The fourth-order valence-electron chi connectivity index (χ4n) is 2.06. The summed E-state index contributed by atoms with van der Waals surface area (Å²) >= 11 is 0. The average Bonchev–Trinajstić information content (AvgIpc) is 2.38. The molecule has 118 valence electrons. The van der Waals surface area contributed by atoms with Gasteiger partial charge in [-0.15, -0.1) is 0 Å². The number of para-hydroxylation sites is 1. The molecule has 1 aromatic carbocycles. The van der Waals surface area contributed by atoms with E-state index in [1.165, 1.54) is 0 Å². The lowest BCUT2D eigenvalue weighted by Gasteiger charge is -2.30. The molecule has 0 aliphatic heterocycles. The number of anilines is 1. The molecule has 1 rings (SSSR count). The van der Waals surface area contributed by atoms with Gasteiger partial charge in [0.15, 0.2) is 5.75 Å². The van der Waals surface area contributed by atoms with Crippen molar-refractivity contribution in [1.82, 2.24) is 0 Å². The van der Waals surface area contributed by atoms with Gasteiger partial charge < -0.3 is 15.2 Å². The van der Waals surface area contributed by atoms with Gasteiger partial charge in [-0.2, -0.15) is 0 Å². The number of nitrogens with one attached hydrogen (secondary N) is 1. The van der Waals surface area contributed by atoms with Gasteiger partial charge in [-0.05, 0) is 45.7 Å². The van der Waals surface area contributed by atoms with Gasteiger partial charge in [-0.3, -0.25) is 10.1 Å². The third-order valence-electron chi connectivity index (χ3n) is 3.42. The Morgan fingerprint density at radius 2 is 2.14 bits per heavy atom. The van der Waals surface area contributed by atoms with E-state index < -0.39 is 10.5 Å². The fourth-order valence-corrected chi connectivity index (χ4v) is 2.06. The third kappa shape index (κ3) is 4.60. The summed E-state index contributed by atoms with van der Waals surface area (Å²) < 4.78 is 5.52. The second-order valence-electron chi connectivity index (χ2n) is 5.59. The van der Waals surface area contributed by atoms with Gasteiger partial charge in [0.05, 0.1) is 11.0 Å². The lowest BCUT2D eigenvalue weighted by atomic mass is 9.94. The Bertz CT molecular complexity index is 491. The van der Waals surface area contributed by atoms with Crippen LogP contribution in [0.15, 0.2) is 18.2 Å². The Morgan fingerprint density at radius 3 is 2.62 bits per heavy atom. The van der Waals surface area contributed by atoms with Crippen LogP contribution in [0.2, 0.25) is 0 Å². The number of nitrogens with zero attached hydrogens (tertiary/aromatic N) is 1. The van der Waals surface area contributed by atoms with Crippen LogP contribution in [-0.2, 0) is 0 Å². The van der Waals surface area contributed by atoms with Crippen molar-refractivity contribution in [2.45, 2.75) is 52.2 Å². The average molecular weight is 296 g/mol. The van der Waals surface area contributed by atoms with Crippen molar-refractivity contribution in [3.05, 3.63) is 28.3 Å². The lowest BCUT2D eigenvalue weighted by Crippen LogP contribution is -2.35. The minimum Gasteiger partial charge on any atom is -0.484 e. The van der Waals surface area contributed by atoms with Gasteiger partial charge in [0.25, 0.3) is 0 Å². The first-order valence-corrected chi connectivity index (χ1v) is 7.16. The normalized spacial score (nSPS) is 13.8. The van der Waals surface area contributed by atoms with E-state index in [0.29, 0.717) is 12.1 Å². The third-order valence-corrected chi connectivity index (χ3v) is 3.42. The molecule has 0 radical (unpaired) electrons. The molecule has 0 heterocycles. The van der Waals surface area contributed by atoms with Gasteiger partial charge in [0, 0.05) is 12.1 Å². The molecule has 1 atom stereocenters. The lowest BCUT2D eigenvalue weighted by molar-refractivity contribution is -0.385. The van der Waals surface area contributed by atoms with Crippen LogP contribution in [0.3, 0.4) is 0 Å². The number of rotatable bonds is 8. The molecule has 0 bridgehead atoms. The van der Waals surface area contributed by atoms with Gasteiger partial charge in [0.2, 0.25) is 0 Å². The molecule has 6 heteroatoms. The quantitative estimate of drug-likeness (QED) is 0.567. The number of ether oxygens (including phenoxy) is 1. The van der Waals surface area contributed by atoms with Crippen molar-refractivity contribution in [2.24, 2.45) is 0 Å². The van der Waals surface area contributed by atoms with Crippen molar-refractivity contribution < 1.29 is 14.8 Å². The Kier molecular flexibility index (Phi) is 5.96.